The first kappa shape index (κ1) is 18.4. The van der Waals surface area contributed by atoms with Gasteiger partial charge >= 0.3 is 0 Å². The summed E-state index contributed by atoms with van der Waals surface area (Å²) < 4.78 is 54.4. The van der Waals surface area contributed by atoms with E-state index in [-0.39, 0.29) is 22.2 Å². The molecule has 26 heavy (non-hydrogen) atoms. The number of hydrogen-bond donors (Lipinski definition) is 0. The largest absolute Gasteiger partial charge is 0.264 e. The summed E-state index contributed by atoms with van der Waals surface area (Å²) in [4.78, 5) is -0.177. The van der Waals surface area contributed by atoms with Crippen LogP contribution in [0, 0.1) is 11.6 Å². The van der Waals surface area contributed by atoms with Gasteiger partial charge in [-0.25, -0.2) is 17.2 Å². The number of anilines is 1. The Kier molecular flexibility index (Phi) is 5.25. The summed E-state index contributed by atoms with van der Waals surface area (Å²) in [5, 5.41) is -0.301. The second-order valence-corrected chi connectivity index (χ2v) is 7.82. The number of nitrogens with zero attached hydrogens (tertiary/aromatic N) is 1. The van der Waals surface area contributed by atoms with Crippen LogP contribution in [-0.2, 0) is 16.6 Å². The normalized spacial score (nSPS) is 11.3. The summed E-state index contributed by atoms with van der Waals surface area (Å²) in [5.41, 5.74) is 0.878. The molecule has 0 aromatic heterocycles. The maximum absolute atomic E-state index is 13.7. The Balaban J connectivity index is 2.11. The zero-order valence-corrected chi connectivity index (χ0v) is 15.0. The first-order valence-corrected chi connectivity index (χ1v) is 9.47. The number of rotatable bonds is 5. The molecule has 3 nitrogen and oxygen atoms in total. The fourth-order valence-electron chi connectivity index (χ4n) is 2.46. The van der Waals surface area contributed by atoms with Crippen LogP contribution >= 0.6 is 11.6 Å². The van der Waals surface area contributed by atoms with Crippen LogP contribution in [0.2, 0.25) is 5.02 Å². The minimum absolute atomic E-state index is 0.0123. The van der Waals surface area contributed by atoms with E-state index in [1.165, 1.54) is 18.2 Å². The lowest BCUT2D eigenvalue weighted by atomic mass is 10.2. The molecule has 0 radical (unpaired) electrons. The van der Waals surface area contributed by atoms with Crippen molar-refractivity contribution in [3.63, 3.8) is 0 Å². The van der Waals surface area contributed by atoms with Gasteiger partial charge in [0.2, 0.25) is 0 Å². The van der Waals surface area contributed by atoms with Gasteiger partial charge in [0, 0.05) is 0 Å². The Morgan fingerprint density at radius 2 is 1.62 bits per heavy atom. The molecule has 0 fully saturated rings. The van der Waals surface area contributed by atoms with Crippen molar-refractivity contribution in [3.8, 4) is 0 Å². The molecule has 0 N–H and O–H groups in total. The van der Waals surface area contributed by atoms with Crippen LogP contribution in [0.4, 0.5) is 14.5 Å². The zero-order chi connectivity index (χ0) is 18.7. The van der Waals surface area contributed by atoms with E-state index in [1.54, 1.807) is 24.3 Å². The molecule has 0 amide bonds. The van der Waals surface area contributed by atoms with E-state index in [0.717, 1.165) is 28.6 Å². The molecule has 0 bridgehead atoms. The van der Waals surface area contributed by atoms with Crippen molar-refractivity contribution in [2.45, 2.75) is 11.4 Å². The summed E-state index contributed by atoms with van der Waals surface area (Å²) in [7, 11) is -4.09. The maximum Gasteiger partial charge on any atom is 0.264 e. The fourth-order valence-corrected chi connectivity index (χ4v) is 4.18. The first-order valence-electron chi connectivity index (χ1n) is 7.65. The monoisotopic (exact) mass is 393 g/mol. The third-order valence-corrected chi connectivity index (χ3v) is 5.80. The molecule has 3 rings (SSSR count). The Bertz CT molecular complexity index is 1030. The number of benzene rings is 3. The first-order chi connectivity index (χ1) is 12.4. The Morgan fingerprint density at radius 1 is 0.885 bits per heavy atom. The van der Waals surface area contributed by atoms with Crippen molar-refractivity contribution in [1.29, 1.82) is 0 Å². The van der Waals surface area contributed by atoms with Crippen molar-refractivity contribution in [2.24, 2.45) is 0 Å². The second kappa shape index (κ2) is 7.43. The van der Waals surface area contributed by atoms with Gasteiger partial charge in [-0.05, 0) is 42.0 Å². The van der Waals surface area contributed by atoms with Gasteiger partial charge in [-0.2, -0.15) is 0 Å². The topological polar surface area (TPSA) is 37.4 Å². The van der Waals surface area contributed by atoms with Crippen LogP contribution in [0.15, 0.2) is 77.7 Å². The molecule has 0 atom stereocenters. The predicted octanol–water partition coefficient (Wildman–Crippen LogP) is 5.01. The molecule has 3 aromatic carbocycles. The lowest BCUT2D eigenvalue weighted by molar-refractivity contribution is 0.588. The summed E-state index contributed by atoms with van der Waals surface area (Å²) in [6.45, 7) is -0.0123. The van der Waals surface area contributed by atoms with Gasteiger partial charge < -0.3 is 0 Å². The Labute approximate surface area is 155 Å². The van der Waals surface area contributed by atoms with Gasteiger partial charge in [0.05, 0.1) is 22.2 Å². The molecule has 0 saturated carbocycles. The SMILES string of the molecule is O=S(=O)(c1ccc(F)c(Cl)c1)N(Cc1ccccc1)c1cccc(F)c1. The Hall–Kier alpha value is -2.44. The second-order valence-electron chi connectivity index (χ2n) is 5.55. The lowest BCUT2D eigenvalue weighted by Crippen LogP contribution is -2.30. The average Bonchev–Trinajstić information content (AvgIpc) is 2.62. The zero-order valence-electron chi connectivity index (χ0n) is 13.4. The minimum atomic E-state index is -4.09. The van der Waals surface area contributed by atoms with Crippen LogP contribution in [0.3, 0.4) is 0 Å². The van der Waals surface area contributed by atoms with Crippen molar-refractivity contribution in [3.05, 3.63) is 95.0 Å². The predicted molar refractivity (Wildman–Crippen MR) is 97.6 cm³/mol. The number of sulfonamides is 1. The molecule has 0 heterocycles. The smallest absolute Gasteiger partial charge is 0.262 e. The van der Waals surface area contributed by atoms with E-state index in [2.05, 4.69) is 0 Å². The molecule has 134 valence electrons. The van der Waals surface area contributed by atoms with Crippen LogP contribution < -0.4 is 4.31 Å². The van der Waals surface area contributed by atoms with Gasteiger partial charge in [0.1, 0.15) is 11.6 Å². The highest BCUT2D eigenvalue weighted by atomic mass is 35.5. The van der Waals surface area contributed by atoms with Crippen molar-refractivity contribution in [2.75, 3.05) is 4.31 Å². The van der Waals surface area contributed by atoms with Crippen LogP contribution in [-0.4, -0.2) is 8.42 Å². The molecule has 7 heteroatoms. The molecule has 0 aliphatic carbocycles. The molecular formula is C19H14ClF2NO2S. The molecule has 3 aromatic rings. The molecule has 0 aliphatic rings. The third-order valence-electron chi connectivity index (χ3n) is 3.74. The van der Waals surface area contributed by atoms with Crippen molar-refractivity contribution >= 4 is 27.3 Å². The highest BCUT2D eigenvalue weighted by Crippen LogP contribution is 2.28. The van der Waals surface area contributed by atoms with E-state index in [4.69, 9.17) is 11.6 Å². The molecule has 0 unspecified atom stereocenters. The van der Waals surface area contributed by atoms with Gasteiger partial charge in [-0.1, -0.05) is 48.0 Å². The summed E-state index contributed by atoms with van der Waals surface area (Å²) >= 11 is 5.74. The van der Waals surface area contributed by atoms with E-state index in [9.17, 15) is 17.2 Å². The average molecular weight is 394 g/mol. The highest BCUT2D eigenvalue weighted by Gasteiger charge is 2.26. The molecule has 0 aliphatic heterocycles. The van der Waals surface area contributed by atoms with Crippen molar-refractivity contribution in [1.82, 2.24) is 0 Å². The fraction of sp³-hybridized carbons (Fsp3) is 0.0526. The van der Waals surface area contributed by atoms with Crippen molar-refractivity contribution < 1.29 is 17.2 Å². The molecule has 0 saturated heterocycles. The summed E-state index contributed by atoms with van der Waals surface area (Å²) in [5.74, 6) is -1.28. The van der Waals surface area contributed by atoms with Crippen LogP contribution in [0.5, 0.6) is 0 Å². The summed E-state index contributed by atoms with van der Waals surface area (Å²) in [6, 6.07) is 17.3. The van der Waals surface area contributed by atoms with Crippen LogP contribution in [0.25, 0.3) is 0 Å². The lowest BCUT2D eigenvalue weighted by Gasteiger charge is -2.25. The van der Waals surface area contributed by atoms with E-state index in [0.29, 0.717) is 5.56 Å². The number of hydrogen-bond acceptors (Lipinski definition) is 2. The molecule has 0 spiro atoms. The van der Waals surface area contributed by atoms with Gasteiger partial charge in [0.15, 0.2) is 0 Å². The quantitative estimate of drug-likeness (QED) is 0.610. The maximum atomic E-state index is 13.7. The molecular weight excluding hydrogens is 380 g/mol. The van der Waals surface area contributed by atoms with Gasteiger partial charge in [-0.3, -0.25) is 4.31 Å². The van der Waals surface area contributed by atoms with Gasteiger partial charge in [-0.15, -0.1) is 0 Å². The summed E-state index contributed by atoms with van der Waals surface area (Å²) in [6.07, 6.45) is 0. The minimum Gasteiger partial charge on any atom is -0.262 e. The van der Waals surface area contributed by atoms with E-state index >= 15 is 0 Å². The number of halogens is 3. The Morgan fingerprint density at radius 3 is 2.27 bits per heavy atom. The standard InChI is InChI=1S/C19H14ClF2NO2S/c20-18-12-17(9-10-19(18)22)26(24,25)23(13-14-5-2-1-3-6-14)16-8-4-7-15(21)11-16/h1-12H,13H2. The third kappa shape index (κ3) is 3.86. The van der Waals surface area contributed by atoms with Gasteiger partial charge in [0.25, 0.3) is 10.0 Å². The van der Waals surface area contributed by atoms with E-state index in [1.807, 2.05) is 6.07 Å². The van der Waals surface area contributed by atoms with Crippen LogP contribution in [0.1, 0.15) is 5.56 Å². The highest BCUT2D eigenvalue weighted by molar-refractivity contribution is 7.92. The van der Waals surface area contributed by atoms with E-state index < -0.39 is 21.7 Å².